The number of para-hydroxylation sites is 1. The molecule has 0 aliphatic carbocycles. The van der Waals surface area contributed by atoms with Crippen LogP contribution in [0.2, 0.25) is 0 Å². The predicted molar refractivity (Wildman–Crippen MR) is 74.7 cm³/mol. The highest BCUT2D eigenvalue weighted by atomic mass is 19.1. The summed E-state index contributed by atoms with van der Waals surface area (Å²) in [6.07, 6.45) is 0. The molecule has 20 heavy (non-hydrogen) atoms. The third-order valence-electron chi connectivity index (χ3n) is 2.86. The molecule has 2 aromatic rings. The number of nitrogens with one attached hydrogen (secondary N) is 1. The number of nitrogens with zero attached hydrogens (tertiary/aromatic N) is 1. The zero-order chi connectivity index (χ0) is 14.4. The molecule has 2 rings (SSSR count). The fourth-order valence-corrected chi connectivity index (χ4v) is 1.93. The van der Waals surface area contributed by atoms with Crippen molar-refractivity contribution in [2.45, 2.75) is 13.2 Å². The second-order valence-corrected chi connectivity index (χ2v) is 4.36. The Hall–Kier alpha value is -2.38. The van der Waals surface area contributed by atoms with Crippen molar-refractivity contribution in [3.05, 3.63) is 65.0 Å². The molecule has 0 aliphatic rings. The van der Waals surface area contributed by atoms with Gasteiger partial charge in [0.1, 0.15) is 6.61 Å². The highest BCUT2D eigenvalue weighted by Crippen LogP contribution is 2.23. The van der Waals surface area contributed by atoms with E-state index in [1.807, 2.05) is 12.1 Å². The van der Waals surface area contributed by atoms with E-state index in [4.69, 9.17) is 10.00 Å². The highest BCUT2D eigenvalue weighted by Gasteiger charge is 2.09. The number of benzene rings is 2. The van der Waals surface area contributed by atoms with Crippen molar-refractivity contribution in [1.29, 1.82) is 5.26 Å². The number of hydrogen-bond donors (Lipinski definition) is 1. The van der Waals surface area contributed by atoms with Gasteiger partial charge in [-0.05, 0) is 30.8 Å². The van der Waals surface area contributed by atoms with Crippen LogP contribution in [0.15, 0.2) is 42.5 Å². The van der Waals surface area contributed by atoms with Gasteiger partial charge in [0, 0.05) is 12.1 Å². The largest absolute Gasteiger partial charge is 0.485 e. The van der Waals surface area contributed by atoms with Gasteiger partial charge in [-0.25, -0.2) is 4.39 Å². The molecule has 2 aromatic carbocycles. The molecule has 0 fully saturated rings. The minimum Gasteiger partial charge on any atom is -0.485 e. The Morgan fingerprint density at radius 2 is 2.05 bits per heavy atom. The molecule has 0 atom stereocenters. The number of halogens is 1. The Labute approximate surface area is 117 Å². The molecule has 4 heteroatoms. The fraction of sp³-hybridized carbons (Fsp3) is 0.188. The molecule has 0 aliphatic heterocycles. The summed E-state index contributed by atoms with van der Waals surface area (Å²) in [5, 5.41) is 11.8. The third kappa shape index (κ3) is 3.34. The predicted octanol–water partition coefficient (Wildman–Crippen LogP) is 3.00. The van der Waals surface area contributed by atoms with Crippen LogP contribution in [-0.2, 0) is 13.2 Å². The first-order chi connectivity index (χ1) is 9.74. The van der Waals surface area contributed by atoms with E-state index in [2.05, 4.69) is 11.4 Å². The highest BCUT2D eigenvalue weighted by molar-refractivity contribution is 5.36. The van der Waals surface area contributed by atoms with E-state index in [9.17, 15) is 4.39 Å². The van der Waals surface area contributed by atoms with Crippen LogP contribution in [0, 0.1) is 17.1 Å². The molecule has 0 heterocycles. The number of rotatable bonds is 5. The first-order valence-electron chi connectivity index (χ1n) is 6.28. The minimum absolute atomic E-state index is 0.229. The van der Waals surface area contributed by atoms with Crippen LogP contribution in [-0.4, -0.2) is 7.05 Å². The van der Waals surface area contributed by atoms with Gasteiger partial charge >= 0.3 is 0 Å². The molecule has 102 valence electrons. The maximum atomic E-state index is 13.8. The Kier molecular flexibility index (Phi) is 4.70. The maximum absolute atomic E-state index is 13.8. The van der Waals surface area contributed by atoms with Gasteiger partial charge in [-0.2, -0.15) is 5.26 Å². The molecule has 0 saturated carbocycles. The van der Waals surface area contributed by atoms with Gasteiger partial charge in [-0.15, -0.1) is 0 Å². The zero-order valence-corrected chi connectivity index (χ0v) is 11.2. The quantitative estimate of drug-likeness (QED) is 0.908. The lowest BCUT2D eigenvalue weighted by Crippen LogP contribution is -2.08. The van der Waals surface area contributed by atoms with Crippen LogP contribution in [0.25, 0.3) is 0 Å². The summed E-state index contributed by atoms with van der Waals surface area (Å²) in [6, 6.07) is 14.0. The lowest BCUT2D eigenvalue weighted by Gasteiger charge is -2.12. The van der Waals surface area contributed by atoms with Crippen LogP contribution in [0.4, 0.5) is 4.39 Å². The SMILES string of the molecule is CNCc1cccc(F)c1OCc1cccc(C#N)c1. The Balaban J connectivity index is 2.16. The summed E-state index contributed by atoms with van der Waals surface area (Å²) in [4.78, 5) is 0. The molecule has 0 spiro atoms. The van der Waals surface area contributed by atoms with Gasteiger partial charge in [0.25, 0.3) is 0 Å². The molecular formula is C16H15FN2O. The van der Waals surface area contributed by atoms with Gasteiger partial charge < -0.3 is 10.1 Å². The molecule has 0 amide bonds. The average Bonchev–Trinajstić information content (AvgIpc) is 2.47. The van der Waals surface area contributed by atoms with Crippen LogP contribution < -0.4 is 10.1 Å². The molecule has 3 nitrogen and oxygen atoms in total. The third-order valence-corrected chi connectivity index (χ3v) is 2.86. The van der Waals surface area contributed by atoms with E-state index >= 15 is 0 Å². The van der Waals surface area contributed by atoms with Crippen molar-refractivity contribution in [2.24, 2.45) is 0 Å². The van der Waals surface area contributed by atoms with Crippen molar-refractivity contribution in [3.8, 4) is 11.8 Å². The summed E-state index contributed by atoms with van der Waals surface area (Å²) < 4.78 is 19.4. The summed E-state index contributed by atoms with van der Waals surface area (Å²) in [7, 11) is 1.80. The standard InChI is InChI=1S/C16H15FN2O/c1-19-10-14-6-3-7-15(17)16(14)20-11-13-5-2-4-12(8-13)9-18/h2-8,19H,10-11H2,1H3. The Morgan fingerprint density at radius 1 is 1.25 bits per heavy atom. The van der Waals surface area contributed by atoms with E-state index in [0.29, 0.717) is 12.1 Å². The topological polar surface area (TPSA) is 45.0 Å². The zero-order valence-electron chi connectivity index (χ0n) is 11.2. The Morgan fingerprint density at radius 3 is 2.80 bits per heavy atom. The second-order valence-electron chi connectivity index (χ2n) is 4.36. The summed E-state index contributed by atoms with van der Waals surface area (Å²) in [6.45, 7) is 0.762. The van der Waals surface area contributed by atoms with Gasteiger partial charge in [-0.3, -0.25) is 0 Å². The van der Waals surface area contributed by atoms with Gasteiger partial charge in [-0.1, -0.05) is 24.3 Å². The van der Waals surface area contributed by atoms with E-state index in [-0.39, 0.29) is 18.2 Å². The van der Waals surface area contributed by atoms with Crippen LogP contribution in [0.3, 0.4) is 0 Å². The van der Waals surface area contributed by atoms with E-state index in [0.717, 1.165) is 11.1 Å². The van der Waals surface area contributed by atoms with E-state index < -0.39 is 0 Å². The molecule has 0 aromatic heterocycles. The van der Waals surface area contributed by atoms with Gasteiger partial charge in [0.15, 0.2) is 11.6 Å². The van der Waals surface area contributed by atoms with Crippen molar-refractivity contribution >= 4 is 0 Å². The van der Waals surface area contributed by atoms with Gasteiger partial charge in [0.2, 0.25) is 0 Å². The second kappa shape index (κ2) is 6.69. The summed E-state index contributed by atoms with van der Waals surface area (Å²) in [5.74, 6) is -0.126. The van der Waals surface area contributed by atoms with Crippen LogP contribution in [0.5, 0.6) is 5.75 Å². The molecule has 1 N–H and O–H groups in total. The first kappa shape index (κ1) is 14.0. The molecule has 0 radical (unpaired) electrons. The average molecular weight is 270 g/mol. The number of hydrogen-bond acceptors (Lipinski definition) is 3. The fourth-order valence-electron chi connectivity index (χ4n) is 1.93. The first-order valence-corrected chi connectivity index (χ1v) is 6.28. The van der Waals surface area contributed by atoms with Crippen molar-refractivity contribution in [2.75, 3.05) is 7.05 Å². The van der Waals surface area contributed by atoms with Gasteiger partial charge in [0.05, 0.1) is 11.6 Å². The summed E-state index contributed by atoms with van der Waals surface area (Å²) in [5.41, 5.74) is 2.17. The van der Waals surface area contributed by atoms with Crippen molar-refractivity contribution in [3.63, 3.8) is 0 Å². The summed E-state index contributed by atoms with van der Waals surface area (Å²) >= 11 is 0. The smallest absolute Gasteiger partial charge is 0.165 e. The minimum atomic E-state index is -0.380. The lowest BCUT2D eigenvalue weighted by atomic mass is 10.1. The molecule has 0 unspecified atom stereocenters. The van der Waals surface area contributed by atoms with Crippen molar-refractivity contribution in [1.82, 2.24) is 5.32 Å². The monoisotopic (exact) mass is 270 g/mol. The van der Waals surface area contributed by atoms with Crippen molar-refractivity contribution < 1.29 is 9.13 Å². The van der Waals surface area contributed by atoms with E-state index in [1.165, 1.54) is 6.07 Å². The van der Waals surface area contributed by atoms with E-state index in [1.54, 1.807) is 31.3 Å². The maximum Gasteiger partial charge on any atom is 0.165 e. The number of nitriles is 1. The molecule has 0 saturated heterocycles. The Bertz CT molecular complexity index is 635. The number of ether oxygens (including phenoxy) is 1. The lowest BCUT2D eigenvalue weighted by molar-refractivity contribution is 0.286. The normalized spacial score (nSPS) is 10.1. The van der Waals surface area contributed by atoms with Crippen LogP contribution in [0.1, 0.15) is 16.7 Å². The molecular weight excluding hydrogens is 255 g/mol. The molecule has 0 bridgehead atoms. The van der Waals surface area contributed by atoms with Crippen LogP contribution >= 0.6 is 0 Å².